The van der Waals surface area contributed by atoms with Gasteiger partial charge in [0, 0.05) is 16.3 Å². The van der Waals surface area contributed by atoms with E-state index in [9.17, 15) is 4.39 Å². The van der Waals surface area contributed by atoms with Crippen LogP contribution >= 0.6 is 11.6 Å². The maximum atomic E-state index is 14.5. The molecule has 25 heavy (non-hydrogen) atoms. The Labute approximate surface area is 150 Å². The third-order valence-corrected chi connectivity index (χ3v) is 4.71. The topological polar surface area (TPSA) is 42.7 Å². The van der Waals surface area contributed by atoms with E-state index in [1.54, 1.807) is 16.8 Å². The molecule has 3 aromatic rings. The van der Waals surface area contributed by atoms with E-state index < -0.39 is 6.04 Å². The molecule has 1 unspecified atom stereocenters. The lowest BCUT2D eigenvalue weighted by Gasteiger charge is -2.25. The Morgan fingerprint density at radius 1 is 1.20 bits per heavy atom. The minimum absolute atomic E-state index is 0.363. The molecular weight excluding hydrogens is 339 g/mol. The number of halogens is 2. The van der Waals surface area contributed by atoms with Crippen LogP contribution in [0.5, 0.6) is 0 Å². The summed E-state index contributed by atoms with van der Waals surface area (Å²) in [7, 11) is 0. The normalized spacial score (nSPS) is 16.1. The van der Waals surface area contributed by atoms with Crippen LogP contribution in [-0.2, 0) is 6.42 Å². The first-order valence-corrected chi connectivity index (χ1v) is 8.46. The van der Waals surface area contributed by atoms with Crippen LogP contribution in [0.4, 0.5) is 10.3 Å². The van der Waals surface area contributed by atoms with Crippen LogP contribution in [-0.4, -0.2) is 14.8 Å². The molecule has 0 spiro atoms. The number of hydrogen-bond acceptors (Lipinski definition) is 3. The molecule has 1 aromatic heterocycles. The number of aryl methyl sites for hydroxylation is 1. The van der Waals surface area contributed by atoms with Gasteiger partial charge in [-0.15, -0.1) is 0 Å². The molecule has 0 bridgehead atoms. The lowest BCUT2D eigenvalue weighted by atomic mass is 10.0. The fraction of sp³-hybridized carbons (Fsp3) is 0.158. The molecule has 2 heterocycles. The summed E-state index contributed by atoms with van der Waals surface area (Å²) in [5.74, 6) is 0.194. The summed E-state index contributed by atoms with van der Waals surface area (Å²) in [4.78, 5) is 4.24. The van der Waals surface area contributed by atoms with Crippen molar-refractivity contribution in [2.45, 2.75) is 19.4 Å². The summed E-state index contributed by atoms with van der Waals surface area (Å²) in [6, 6.07) is 12.5. The Hall–Kier alpha value is -2.66. The van der Waals surface area contributed by atoms with Gasteiger partial charge in [-0.1, -0.05) is 48.9 Å². The fourth-order valence-corrected chi connectivity index (χ4v) is 3.30. The van der Waals surface area contributed by atoms with Crippen LogP contribution in [0, 0.1) is 5.82 Å². The quantitative estimate of drug-likeness (QED) is 0.742. The van der Waals surface area contributed by atoms with E-state index in [4.69, 9.17) is 11.6 Å². The van der Waals surface area contributed by atoms with Crippen LogP contribution < -0.4 is 5.32 Å². The maximum absolute atomic E-state index is 14.5. The standard InChI is InChI=1S/C19H16ClFN4/c1-2-12-6-8-13(9-7-12)16-10-17(25-19(24-16)22-11-23-25)18-14(20)4-3-5-15(18)21/h3-11,17H,2H2,1H3,(H,22,23,24). The monoisotopic (exact) mass is 354 g/mol. The summed E-state index contributed by atoms with van der Waals surface area (Å²) < 4.78 is 16.1. The zero-order valence-corrected chi connectivity index (χ0v) is 14.3. The highest BCUT2D eigenvalue weighted by molar-refractivity contribution is 6.31. The molecule has 2 aromatic carbocycles. The first kappa shape index (κ1) is 15.8. The average molecular weight is 355 g/mol. The summed E-state index contributed by atoms with van der Waals surface area (Å²) in [5.41, 5.74) is 3.51. The number of fused-ring (bicyclic) bond motifs is 1. The zero-order chi connectivity index (χ0) is 17.4. The van der Waals surface area contributed by atoms with E-state index in [1.165, 1.54) is 18.0 Å². The fourth-order valence-electron chi connectivity index (χ4n) is 3.02. The Bertz CT molecular complexity index is 926. The largest absolute Gasteiger partial charge is 0.324 e. The minimum Gasteiger partial charge on any atom is -0.324 e. The number of benzene rings is 2. The minimum atomic E-state index is -0.465. The van der Waals surface area contributed by atoms with Gasteiger partial charge in [-0.05, 0) is 35.8 Å². The highest BCUT2D eigenvalue weighted by Gasteiger charge is 2.27. The molecule has 126 valence electrons. The van der Waals surface area contributed by atoms with Crippen molar-refractivity contribution in [3.8, 4) is 0 Å². The van der Waals surface area contributed by atoms with Crippen molar-refractivity contribution < 1.29 is 4.39 Å². The number of anilines is 1. The number of aromatic nitrogens is 3. The van der Waals surface area contributed by atoms with Crippen molar-refractivity contribution in [1.29, 1.82) is 0 Å². The lowest BCUT2D eigenvalue weighted by Crippen LogP contribution is -2.21. The first-order chi connectivity index (χ1) is 12.2. The first-order valence-electron chi connectivity index (χ1n) is 8.09. The molecule has 6 heteroatoms. The molecule has 4 rings (SSSR count). The number of hydrogen-bond donors (Lipinski definition) is 1. The molecular formula is C19H16ClFN4. The third kappa shape index (κ3) is 2.81. The smallest absolute Gasteiger partial charge is 0.226 e. The molecule has 0 saturated heterocycles. The van der Waals surface area contributed by atoms with Gasteiger partial charge in [-0.2, -0.15) is 10.1 Å². The van der Waals surface area contributed by atoms with E-state index in [-0.39, 0.29) is 5.82 Å². The molecule has 0 radical (unpaired) electrons. The SMILES string of the molecule is CCc1ccc(C2=CC(c3c(F)cccc3Cl)n3ncnc3N2)cc1. The van der Waals surface area contributed by atoms with Gasteiger partial charge in [0.1, 0.15) is 18.2 Å². The Kier molecular flexibility index (Phi) is 4.01. The van der Waals surface area contributed by atoms with Gasteiger partial charge in [-0.3, -0.25) is 0 Å². The summed E-state index contributed by atoms with van der Waals surface area (Å²) in [6.45, 7) is 2.12. The van der Waals surface area contributed by atoms with Crippen LogP contribution in [0.2, 0.25) is 5.02 Å². The molecule has 0 fully saturated rings. The van der Waals surface area contributed by atoms with Gasteiger partial charge < -0.3 is 5.32 Å². The van der Waals surface area contributed by atoms with Crippen molar-refractivity contribution in [3.05, 3.63) is 82.4 Å². The second-order valence-corrected chi connectivity index (χ2v) is 6.27. The molecule has 4 nitrogen and oxygen atoms in total. The number of nitrogens with zero attached hydrogens (tertiary/aromatic N) is 3. The van der Waals surface area contributed by atoms with Crippen molar-refractivity contribution in [2.75, 3.05) is 5.32 Å². The number of allylic oxidation sites excluding steroid dienone is 1. The molecule has 0 saturated carbocycles. The lowest BCUT2D eigenvalue weighted by molar-refractivity contribution is 0.551. The van der Waals surface area contributed by atoms with Crippen molar-refractivity contribution in [1.82, 2.24) is 14.8 Å². The summed E-state index contributed by atoms with van der Waals surface area (Å²) in [6.07, 6.45) is 4.35. The highest BCUT2D eigenvalue weighted by Crippen LogP contribution is 2.36. The highest BCUT2D eigenvalue weighted by atomic mass is 35.5. The second-order valence-electron chi connectivity index (χ2n) is 5.86. The Morgan fingerprint density at radius 3 is 2.72 bits per heavy atom. The van der Waals surface area contributed by atoms with Gasteiger partial charge in [-0.25, -0.2) is 9.07 Å². The molecule has 0 amide bonds. The average Bonchev–Trinajstić information content (AvgIpc) is 3.10. The molecule has 1 atom stereocenters. The van der Waals surface area contributed by atoms with Crippen molar-refractivity contribution in [3.63, 3.8) is 0 Å². The van der Waals surface area contributed by atoms with Gasteiger partial charge in [0.15, 0.2) is 0 Å². The zero-order valence-electron chi connectivity index (χ0n) is 13.6. The van der Waals surface area contributed by atoms with E-state index in [0.29, 0.717) is 16.5 Å². The number of nitrogens with one attached hydrogen (secondary N) is 1. The Balaban J connectivity index is 1.83. The predicted molar refractivity (Wildman–Crippen MR) is 97.0 cm³/mol. The van der Waals surface area contributed by atoms with Crippen LogP contribution in [0.3, 0.4) is 0 Å². The van der Waals surface area contributed by atoms with Gasteiger partial charge >= 0.3 is 0 Å². The van der Waals surface area contributed by atoms with Crippen LogP contribution in [0.15, 0.2) is 54.9 Å². The third-order valence-electron chi connectivity index (χ3n) is 4.38. The molecule has 1 aliphatic rings. The van der Waals surface area contributed by atoms with Crippen LogP contribution in [0.25, 0.3) is 5.70 Å². The predicted octanol–water partition coefficient (Wildman–Crippen LogP) is 4.69. The molecule has 0 aliphatic carbocycles. The Morgan fingerprint density at radius 2 is 2.00 bits per heavy atom. The number of rotatable bonds is 3. The van der Waals surface area contributed by atoms with Gasteiger partial charge in [0.25, 0.3) is 0 Å². The second kappa shape index (κ2) is 6.33. The van der Waals surface area contributed by atoms with Crippen molar-refractivity contribution >= 4 is 23.2 Å². The van der Waals surface area contributed by atoms with E-state index in [0.717, 1.165) is 17.7 Å². The maximum Gasteiger partial charge on any atom is 0.226 e. The van der Waals surface area contributed by atoms with E-state index >= 15 is 0 Å². The van der Waals surface area contributed by atoms with Gasteiger partial charge in [0.2, 0.25) is 5.95 Å². The van der Waals surface area contributed by atoms with E-state index in [1.807, 2.05) is 18.2 Å². The summed E-state index contributed by atoms with van der Waals surface area (Å²) >= 11 is 6.28. The van der Waals surface area contributed by atoms with E-state index in [2.05, 4.69) is 34.5 Å². The van der Waals surface area contributed by atoms with Crippen LogP contribution in [0.1, 0.15) is 29.7 Å². The van der Waals surface area contributed by atoms with Gasteiger partial charge in [0.05, 0.1) is 0 Å². The van der Waals surface area contributed by atoms with Crippen molar-refractivity contribution in [2.24, 2.45) is 0 Å². The molecule has 1 aliphatic heterocycles. The molecule has 1 N–H and O–H groups in total. The summed E-state index contributed by atoms with van der Waals surface area (Å²) in [5, 5.41) is 7.85.